The SMILES string of the molecule is CCN=C1SC(CC(=O)Nc2ccc([N+](=O)[O-])cc2)C(=O)N1CC. The summed E-state index contributed by atoms with van der Waals surface area (Å²) in [5.41, 5.74) is 0.407. The number of carbonyl (C=O) groups excluding carboxylic acids is 2. The van der Waals surface area contributed by atoms with Gasteiger partial charge in [0.1, 0.15) is 5.25 Å². The average Bonchev–Trinajstić information content (AvgIpc) is 2.83. The van der Waals surface area contributed by atoms with E-state index in [1.807, 2.05) is 13.8 Å². The lowest BCUT2D eigenvalue weighted by Gasteiger charge is -2.13. The largest absolute Gasteiger partial charge is 0.326 e. The summed E-state index contributed by atoms with van der Waals surface area (Å²) in [5, 5.41) is 13.4. The van der Waals surface area contributed by atoms with Gasteiger partial charge in [0.2, 0.25) is 11.8 Å². The van der Waals surface area contributed by atoms with Crippen LogP contribution in [0.25, 0.3) is 0 Å². The average molecular weight is 350 g/mol. The van der Waals surface area contributed by atoms with Crippen LogP contribution in [0.1, 0.15) is 20.3 Å². The third-order valence-corrected chi connectivity index (χ3v) is 4.58. The van der Waals surface area contributed by atoms with E-state index < -0.39 is 10.2 Å². The van der Waals surface area contributed by atoms with Crippen LogP contribution in [0.3, 0.4) is 0 Å². The number of aliphatic imine (C=N–C) groups is 1. The molecule has 0 aliphatic carbocycles. The molecule has 1 aliphatic rings. The predicted octanol–water partition coefficient (Wildman–Crippen LogP) is 2.26. The number of thioether (sulfide) groups is 1. The van der Waals surface area contributed by atoms with Gasteiger partial charge in [-0.2, -0.15) is 0 Å². The van der Waals surface area contributed by atoms with Crippen molar-refractivity contribution in [1.29, 1.82) is 0 Å². The highest BCUT2D eigenvalue weighted by Crippen LogP contribution is 2.29. The van der Waals surface area contributed by atoms with Crippen molar-refractivity contribution in [3.05, 3.63) is 34.4 Å². The summed E-state index contributed by atoms with van der Waals surface area (Å²) in [6, 6.07) is 5.55. The molecule has 128 valence electrons. The van der Waals surface area contributed by atoms with Crippen LogP contribution < -0.4 is 5.32 Å². The van der Waals surface area contributed by atoms with Gasteiger partial charge in [0.15, 0.2) is 5.17 Å². The van der Waals surface area contributed by atoms with Crippen molar-refractivity contribution >= 4 is 40.1 Å². The van der Waals surface area contributed by atoms with Crippen molar-refractivity contribution in [1.82, 2.24) is 4.90 Å². The molecule has 1 aromatic carbocycles. The van der Waals surface area contributed by atoms with E-state index in [-0.39, 0.29) is 23.9 Å². The van der Waals surface area contributed by atoms with Crippen molar-refractivity contribution in [3.63, 3.8) is 0 Å². The Balaban J connectivity index is 1.98. The Morgan fingerprint density at radius 2 is 2.04 bits per heavy atom. The topological polar surface area (TPSA) is 105 Å². The fourth-order valence-corrected chi connectivity index (χ4v) is 3.50. The quantitative estimate of drug-likeness (QED) is 0.626. The van der Waals surface area contributed by atoms with Gasteiger partial charge in [-0.25, -0.2) is 0 Å². The monoisotopic (exact) mass is 350 g/mol. The van der Waals surface area contributed by atoms with Gasteiger partial charge >= 0.3 is 0 Å². The maximum Gasteiger partial charge on any atom is 0.269 e. The Morgan fingerprint density at radius 1 is 1.38 bits per heavy atom. The molecule has 24 heavy (non-hydrogen) atoms. The van der Waals surface area contributed by atoms with Gasteiger partial charge in [0, 0.05) is 37.3 Å². The van der Waals surface area contributed by atoms with Crippen molar-refractivity contribution in [2.75, 3.05) is 18.4 Å². The van der Waals surface area contributed by atoms with E-state index in [9.17, 15) is 19.7 Å². The fourth-order valence-electron chi connectivity index (χ4n) is 2.23. The lowest BCUT2D eigenvalue weighted by molar-refractivity contribution is -0.384. The van der Waals surface area contributed by atoms with Crippen LogP contribution in [-0.2, 0) is 9.59 Å². The highest BCUT2D eigenvalue weighted by atomic mass is 32.2. The lowest BCUT2D eigenvalue weighted by atomic mass is 10.2. The Morgan fingerprint density at radius 3 is 2.58 bits per heavy atom. The zero-order valence-corrected chi connectivity index (χ0v) is 14.2. The number of nitro groups is 1. The van der Waals surface area contributed by atoms with E-state index in [4.69, 9.17) is 0 Å². The van der Waals surface area contributed by atoms with Gasteiger partial charge < -0.3 is 5.32 Å². The number of anilines is 1. The van der Waals surface area contributed by atoms with E-state index in [1.54, 1.807) is 4.90 Å². The summed E-state index contributed by atoms with van der Waals surface area (Å²) >= 11 is 1.30. The normalized spacial score (nSPS) is 18.9. The maximum absolute atomic E-state index is 12.3. The van der Waals surface area contributed by atoms with E-state index in [0.717, 1.165) is 0 Å². The molecule has 1 atom stereocenters. The van der Waals surface area contributed by atoms with Crippen molar-refractivity contribution in [3.8, 4) is 0 Å². The van der Waals surface area contributed by atoms with Gasteiger partial charge in [-0.15, -0.1) is 0 Å². The fraction of sp³-hybridized carbons (Fsp3) is 0.400. The van der Waals surface area contributed by atoms with Gasteiger partial charge in [-0.1, -0.05) is 11.8 Å². The highest BCUT2D eigenvalue weighted by Gasteiger charge is 2.38. The van der Waals surface area contributed by atoms with E-state index in [0.29, 0.717) is 23.9 Å². The molecule has 2 rings (SSSR count). The number of carbonyl (C=O) groups is 2. The molecule has 8 nitrogen and oxygen atoms in total. The number of amidine groups is 1. The van der Waals surface area contributed by atoms with Gasteiger partial charge in [-0.05, 0) is 26.0 Å². The van der Waals surface area contributed by atoms with E-state index in [1.165, 1.54) is 36.0 Å². The molecule has 0 bridgehead atoms. The molecule has 9 heteroatoms. The number of nitrogens with one attached hydrogen (secondary N) is 1. The maximum atomic E-state index is 12.3. The zero-order valence-electron chi connectivity index (χ0n) is 13.4. The predicted molar refractivity (Wildman–Crippen MR) is 93.1 cm³/mol. The number of non-ortho nitro benzene ring substituents is 1. The second-order valence-electron chi connectivity index (χ2n) is 5.00. The molecule has 1 aliphatic heterocycles. The first-order chi connectivity index (χ1) is 11.5. The number of hydrogen-bond donors (Lipinski definition) is 1. The first-order valence-corrected chi connectivity index (χ1v) is 8.41. The Bertz CT molecular complexity index is 675. The number of hydrogen-bond acceptors (Lipinski definition) is 6. The van der Waals surface area contributed by atoms with E-state index >= 15 is 0 Å². The zero-order chi connectivity index (χ0) is 17.7. The molecule has 0 radical (unpaired) electrons. The van der Waals surface area contributed by atoms with Crippen LogP contribution in [0.15, 0.2) is 29.3 Å². The summed E-state index contributed by atoms with van der Waals surface area (Å²) in [6.45, 7) is 4.85. The summed E-state index contributed by atoms with van der Waals surface area (Å²) in [6.07, 6.45) is 0.0275. The molecule has 1 unspecified atom stereocenters. The number of nitro benzene ring substituents is 1. The Labute approximate surface area is 143 Å². The first-order valence-electron chi connectivity index (χ1n) is 7.53. The molecule has 1 aromatic rings. The minimum Gasteiger partial charge on any atom is -0.326 e. The molecule has 0 saturated carbocycles. The second-order valence-corrected chi connectivity index (χ2v) is 6.17. The standard InChI is InChI=1S/C15H18N4O4S/c1-3-16-15-18(4-2)14(21)12(24-15)9-13(20)17-10-5-7-11(8-6-10)19(22)23/h5-8,12H,3-4,9H2,1-2H3,(H,17,20). The molecule has 1 fully saturated rings. The highest BCUT2D eigenvalue weighted by molar-refractivity contribution is 8.15. The molecular formula is C15H18N4O4S. The van der Waals surface area contributed by atoms with E-state index in [2.05, 4.69) is 10.3 Å². The first kappa shape index (κ1) is 17.9. The summed E-state index contributed by atoms with van der Waals surface area (Å²) in [4.78, 5) is 40.4. The van der Waals surface area contributed by atoms with Crippen LogP contribution in [0, 0.1) is 10.1 Å². The van der Waals surface area contributed by atoms with Gasteiger partial charge in [0.25, 0.3) is 5.69 Å². The third kappa shape index (κ3) is 4.10. The lowest BCUT2D eigenvalue weighted by Crippen LogP contribution is -2.33. The van der Waals surface area contributed by atoms with Crippen molar-refractivity contribution in [2.24, 2.45) is 4.99 Å². The van der Waals surface area contributed by atoms with Crippen LogP contribution in [0.5, 0.6) is 0 Å². The molecular weight excluding hydrogens is 332 g/mol. The summed E-state index contributed by atoms with van der Waals surface area (Å²) in [5.74, 6) is -0.433. The minimum atomic E-state index is -0.507. The molecule has 0 spiro atoms. The number of benzene rings is 1. The number of amides is 2. The van der Waals surface area contributed by atoms with Crippen molar-refractivity contribution < 1.29 is 14.5 Å². The third-order valence-electron chi connectivity index (χ3n) is 3.36. The minimum absolute atomic E-state index is 0.0275. The summed E-state index contributed by atoms with van der Waals surface area (Å²) < 4.78 is 0. The summed E-state index contributed by atoms with van der Waals surface area (Å²) in [7, 11) is 0. The molecule has 1 N–H and O–H groups in total. The van der Waals surface area contributed by atoms with Crippen LogP contribution in [-0.4, -0.2) is 45.1 Å². The molecule has 0 aromatic heterocycles. The van der Waals surface area contributed by atoms with Crippen LogP contribution in [0.2, 0.25) is 0 Å². The second kappa shape index (κ2) is 7.91. The number of nitrogens with zero attached hydrogens (tertiary/aromatic N) is 3. The molecule has 2 amide bonds. The van der Waals surface area contributed by atoms with Crippen LogP contribution >= 0.6 is 11.8 Å². The smallest absolute Gasteiger partial charge is 0.269 e. The number of rotatable bonds is 6. The van der Waals surface area contributed by atoms with Crippen molar-refractivity contribution in [2.45, 2.75) is 25.5 Å². The van der Waals surface area contributed by atoms with Gasteiger partial charge in [-0.3, -0.25) is 29.6 Å². The Hall–Kier alpha value is -2.42. The Kier molecular flexibility index (Phi) is 5.91. The molecule has 1 heterocycles. The molecule has 1 saturated heterocycles. The van der Waals surface area contributed by atoms with Crippen LogP contribution in [0.4, 0.5) is 11.4 Å². The van der Waals surface area contributed by atoms with Gasteiger partial charge in [0.05, 0.1) is 4.92 Å².